The van der Waals surface area contributed by atoms with Crippen LogP contribution in [-0.2, 0) is 21.2 Å². The summed E-state index contributed by atoms with van der Waals surface area (Å²) in [6.45, 7) is 12.1. The number of nitrogens with zero attached hydrogens (tertiary/aromatic N) is 3. The number of aliphatic hydroxyl groups excluding tert-OH is 1. The highest BCUT2D eigenvalue weighted by Gasteiger charge is 2.39. The third-order valence-corrected chi connectivity index (χ3v) is 5.47. The van der Waals surface area contributed by atoms with Crippen molar-refractivity contribution in [1.29, 1.82) is 0 Å². The molecule has 29 heavy (non-hydrogen) atoms. The zero-order valence-corrected chi connectivity index (χ0v) is 18.6. The Morgan fingerprint density at radius 3 is 2.55 bits per heavy atom. The first-order valence-corrected chi connectivity index (χ1v) is 11.9. The third kappa shape index (κ3) is 4.36. The van der Waals surface area contributed by atoms with Gasteiger partial charge < -0.3 is 14.3 Å². The van der Waals surface area contributed by atoms with E-state index in [0.29, 0.717) is 23.8 Å². The topological polar surface area (TPSA) is 76.8 Å². The molecule has 2 aromatic rings. The number of halogens is 1. The van der Waals surface area contributed by atoms with Gasteiger partial charge in [0.1, 0.15) is 11.6 Å². The van der Waals surface area contributed by atoms with Crippen LogP contribution in [0.1, 0.15) is 39.2 Å². The summed E-state index contributed by atoms with van der Waals surface area (Å²) in [4.78, 5) is 17.9. The van der Waals surface area contributed by atoms with Crippen molar-refractivity contribution in [2.24, 2.45) is 0 Å². The molecule has 1 fully saturated rings. The Hall–Kier alpha value is -2.23. The molecule has 0 spiro atoms. The smallest absolute Gasteiger partial charge is 0.417 e. The van der Waals surface area contributed by atoms with E-state index in [4.69, 9.17) is 9.16 Å². The van der Waals surface area contributed by atoms with Crippen molar-refractivity contribution in [2.75, 3.05) is 4.90 Å². The van der Waals surface area contributed by atoms with E-state index in [1.807, 2.05) is 40.1 Å². The molecule has 0 aliphatic carbocycles. The van der Waals surface area contributed by atoms with Crippen LogP contribution in [0.2, 0.25) is 13.1 Å². The van der Waals surface area contributed by atoms with Gasteiger partial charge in [-0.2, -0.15) is 0 Å². The molecule has 0 saturated carbocycles. The fourth-order valence-electron chi connectivity index (χ4n) is 3.03. The summed E-state index contributed by atoms with van der Waals surface area (Å²) in [5, 5.41) is 9.72. The summed E-state index contributed by atoms with van der Waals surface area (Å²) in [7, 11) is -0.929. The molecule has 2 atom stereocenters. The molecule has 9 heteroatoms. The van der Waals surface area contributed by atoms with E-state index in [9.17, 15) is 9.90 Å². The molecule has 1 aliphatic heterocycles. The molecule has 157 valence electrons. The first-order valence-electron chi connectivity index (χ1n) is 9.48. The van der Waals surface area contributed by atoms with Gasteiger partial charge in [0.05, 0.1) is 29.7 Å². The quantitative estimate of drug-likeness (QED) is 0.746. The van der Waals surface area contributed by atoms with Gasteiger partial charge in [-0.15, -0.1) is 0 Å². The molecule has 1 unspecified atom stereocenters. The van der Waals surface area contributed by atoms with E-state index in [0.717, 1.165) is 5.69 Å². The van der Waals surface area contributed by atoms with Gasteiger partial charge in [0, 0.05) is 11.6 Å². The van der Waals surface area contributed by atoms with Gasteiger partial charge in [0.25, 0.3) is 0 Å². The van der Waals surface area contributed by atoms with E-state index in [2.05, 4.69) is 4.98 Å². The second kappa shape index (κ2) is 7.89. The highest BCUT2D eigenvalue weighted by molar-refractivity contribution is 6.48. The number of aromatic nitrogens is 2. The van der Waals surface area contributed by atoms with Crippen LogP contribution in [0.15, 0.2) is 24.4 Å². The summed E-state index contributed by atoms with van der Waals surface area (Å²) in [5.74, 6) is 0.110. The monoisotopic (exact) mass is 420 g/mol. The minimum absolute atomic E-state index is 0.201. The lowest BCUT2D eigenvalue weighted by Gasteiger charge is -2.20. The second-order valence-corrected chi connectivity index (χ2v) is 10.5. The fourth-order valence-corrected chi connectivity index (χ4v) is 3.45. The molecule has 1 aliphatic rings. The molecule has 1 radical (unpaired) electrons. The maximum atomic E-state index is 15.1. The molecule has 1 aromatic carbocycles. The van der Waals surface area contributed by atoms with E-state index in [-0.39, 0.29) is 5.41 Å². The Balaban J connectivity index is 2.00. The number of anilines is 1. The number of hydrogen-bond donors (Lipinski definition) is 1. The van der Waals surface area contributed by atoms with E-state index in [1.165, 1.54) is 11.0 Å². The molecule has 1 saturated heterocycles. The summed E-state index contributed by atoms with van der Waals surface area (Å²) < 4.78 is 27.4. The third-order valence-electron chi connectivity index (χ3n) is 4.74. The van der Waals surface area contributed by atoms with Crippen molar-refractivity contribution in [3.63, 3.8) is 0 Å². The fraction of sp³-hybridized carbons (Fsp3) is 0.500. The Bertz CT molecular complexity index is 910. The number of carbonyl (C=O) groups excluding carboxylic acids is 1. The summed E-state index contributed by atoms with van der Waals surface area (Å²) in [6, 6.07) is 3.88. The van der Waals surface area contributed by atoms with Crippen molar-refractivity contribution >= 4 is 20.8 Å². The number of ether oxygens (including phenoxy) is 1. The van der Waals surface area contributed by atoms with Crippen molar-refractivity contribution < 1.29 is 23.5 Å². The molecule has 1 amide bonds. The van der Waals surface area contributed by atoms with Crippen molar-refractivity contribution in [1.82, 2.24) is 9.55 Å². The maximum Gasteiger partial charge on any atom is 0.417 e. The normalized spacial score (nSPS) is 19.9. The maximum absolute atomic E-state index is 15.1. The minimum Gasteiger partial charge on any atom is -0.417 e. The van der Waals surface area contributed by atoms with Crippen LogP contribution < -0.4 is 4.90 Å². The van der Waals surface area contributed by atoms with Gasteiger partial charge >= 0.3 is 6.09 Å². The van der Waals surface area contributed by atoms with Gasteiger partial charge in [0.2, 0.25) is 15.3 Å². The average molecular weight is 421 g/mol. The Kier molecular flexibility index (Phi) is 5.84. The molecular weight excluding hydrogens is 393 g/mol. The van der Waals surface area contributed by atoms with E-state index in [1.54, 1.807) is 23.6 Å². The predicted octanol–water partition coefficient (Wildman–Crippen LogP) is 3.74. The number of imidazole rings is 1. The average Bonchev–Trinajstić information content (AvgIpc) is 3.14. The van der Waals surface area contributed by atoms with Gasteiger partial charge in [-0.3, -0.25) is 9.47 Å². The summed E-state index contributed by atoms with van der Waals surface area (Å²) in [6.07, 6.45) is -0.120. The number of cyclic esters (lactones) is 1. The lowest BCUT2D eigenvalue weighted by Crippen LogP contribution is -2.34. The minimum atomic E-state index is -1.24. The van der Waals surface area contributed by atoms with Crippen LogP contribution in [0.5, 0.6) is 0 Å². The zero-order valence-electron chi connectivity index (χ0n) is 17.6. The molecule has 1 aromatic heterocycles. The lowest BCUT2D eigenvalue weighted by atomic mass is 9.93. The highest BCUT2D eigenvalue weighted by Crippen LogP contribution is 2.30. The highest BCUT2D eigenvalue weighted by atomic mass is 28.3. The van der Waals surface area contributed by atoms with Crippen LogP contribution in [0.25, 0.3) is 5.69 Å². The number of amides is 1. The molecule has 1 N–H and O–H groups in total. The van der Waals surface area contributed by atoms with E-state index >= 15 is 4.39 Å². The Labute approximate surface area is 171 Å². The first-order chi connectivity index (χ1) is 13.5. The largest absolute Gasteiger partial charge is 0.417 e. The van der Waals surface area contributed by atoms with Crippen molar-refractivity contribution in [3.05, 3.63) is 41.7 Å². The van der Waals surface area contributed by atoms with E-state index < -0.39 is 33.3 Å². The Morgan fingerprint density at radius 1 is 1.34 bits per heavy atom. The number of benzene rings is 1. The van der Waals surface area contributed by atoms with Gasteiger partial charge in [-0.25, -0.2) is 14.2 Å². The van der Waals surface area contributed by atoms with Crippen LogP contribution in [-0.4, -0.2) is 42.1 Å². The molecule has 7 nitrogen and oxygen atoms in total. The number of hydrogen-bond acceptors (Lipinski definition) is 5. The van der Waals surface area contributed by atoms with Crippen LogP contribution >= 0.6 is 0 Å². The predicted molar refractivity (Wildman–Crippen MR) is 109 cm³/mol. The van der Waals surface area contributed by atoms with Crippen molar-refractivity contribution in [2.45, 2.75) is 65.1 Å². The van der Waals surface area contributed by atoms with Crippen LogP contribution in [0.3, 0.4) is 0 Å². The molecule has 0 bridgehead atoms. The standard InChI is InChI=1S/C20H27FN3O4Si/c1-12-18(25)28-19(26)24(12)13-7-8-15(14(21)9-13)23-10-16(20(2,3)4)22-17(23)11-27-29(5)6/h7-10,12,18,25H,11H2,1-6H3/t12?,18-/m1/s1. The molecule has 2 heterocycles. The summed E-state index contributed by atoms with van der Waals surface area (Å²) in [5.41, 5.74) is 1.27. The van der Waals surface area contributed by atoms with Crippen LogP contribution in [0.4, 0.5) is 14.9 Å². The number of carbonyl (C=O) groups is 1. The van der Waals surface area contributed by atoms with Crippen LogP contribution in [0, 0.1) is 5.82 Å². The zero-order chi connectivity index (χ0) is 21.5. The van der Waals surface area contributed by atoms with Crippen molar-refractivity contribution in [3.8, 4) is 5.69 Å². The Morgan fingerprint density at radius 2 is 2.03 bits per heavy atom. The SMILES string of the molecule is CC1[C@H](O)OC(=O)N1c1ccc(-n2cc(C(C)(C)C)nc2CO[Si](C)C)c(F)c1. The molecular formula is C20H27FN3O4Si. The van der Waals surface area contributed by atoms with Gasteiger partial charge in [-0.05, 0) is 38.2 Å². The second-order valence-electron chi connectivity index (χ2n) is 8.38. The van der Waals surface area contributed by atoms with Gasteiger partial charge in [-0.1, -0.05) is 20.8 Å². The number of rotatable bonds is 5. The summed E-state index contributed by atoms with van der Waals surface area (Å²) >= 11 is 0. The first kappa shape index (κ1) is 21.5. The van der Waals surface area contributed by atoms with Gasteiger partial charge in [0.15, 0.2) is 0 Å². The number of aliphatic hydroxyl groups is 1. The molecule has 3 rings (SSSR count). The lowest BCUT2D eigenvalue weighted by molar-refractivity contribution is -0.0312.